The molecule has 0 aliphatic rings. The molecule has 0 radical (unpaired) electrons. The number of ketones is 1. The maximum Gasteiger partial charge on any atom is 0.346 e. The first-order chi connectivity index (χ1) is 7.25. The van der Waals surface area contributed by atoms with Crippen molar-refractivity contribution in [3.05, 3.63) is 11.5 Å². The van der Waals surface area contributed by atoms with Gasteiger partial charge in [-0.1, -0.05) is 0 Å². The van der Waals surface area contributed by atoms with Crippen LogP contribution in [0, 0.1) is 0 Å². The van der Waals surface area contributed by atoms with Crippen LogP contribution in [0.2, 0.25) is 0 Å². The molecule has 1 N–H and O–H groups in total. The Balaban J connectivity index is 5.27. The normalized spacial score (nSPS) is 10.2. The minimum Gasteiger partial charge on any atom is -0.477 e. The highest BCUT2D eigenvalue weighted by Crippen LogP contribution is 2.14. The Hall–Kier alpha value is -1.52. The summed E-state index contributed by atoms with van der Waals surface area (Å²) >= 11 is 0. The van der Waals surface area contributed by atoms with Crippen LogP contribution in [0.5, 0.6) is 0 Å². The van der Waals surface area contributed by atoms with Crippen LogP contribution in [0.25, 0.3) is 0 Å². The highest BCUT2D eigenvalue weighted by Gasteiger charge is 2.24. The number of carbonyl (C=O) groups excluding carboxylic acids is 1. The van der Waals surface area contributed by atoms with Crippen molar-refractivity contribution in [1.29, 1.82) is 0 Å². The molecule has 92 valence electrons. The molecule has 16 heavy (non-hydrogen) atoms. The highest BCUT2D eigenvalue weighted by molar-refractivity contribution is 6.15. The SMILES string of the molecule is CC(=O)C(C(=O)O)=C(OC(C)C)OC(C)C. The second-order valence-electron chi connectivity index (χ2n) is 3.86. The van der Waals surface area contributed by atoms with Crippen LogP contribution in [0.15, 0.2) is 11.5 Å². The quantitative estimate of drug-likeness (QED) is 0.325. The van der Waals surface area contributed by atoms with Crippen LogP contribution < -0.4 is 0 Å². The van der Waals surface area contributed by atoms with E-state index in [1.807, 2.05) is 0 Å². The lowest BCUT2D eigenvalue weighted by molar-refractivity contribution is -0.135. The van der Waals surface area contributed by atoms with Crippen molar-refractivity contribution in [2.75, 3.05) is 0 Å². The van der Waals surface area contributed by atoms with Gasteiger partial charge >= 0.3 is 5.97 Å². The monoisotopic (exact) mass is 230 g/mol. The zero-order valence-corrected chi connectivity index (χ0v) is 10.2. The van der Waals surface area contributed by atoms with Crippen LogP contribution in [0.4, 0.5) is 0 Å². The number of hydrogen-bond donors (Lipinski definition) is 1. The van der Waals surface area contributed by atoms with Crippen molar-refractivity contribution in [2.24, 2.45) is 0 Å². The standard InChI is InChI=1S/C11H18O5/c1-6(2)15-11(16-7(3)4)9(8(5)12)10(13)14/h6-7H,1-5H3,(H,13,14). The van der Waals surface area contributed by atoms with Crippen molar-refractivity contribution in [3.8, 4) is 0 Å². The molecule has 0 unspecified atom stereocenters. The molecule has 0 aromatic carbocycles. The van der Waals surface area contributed by atoms with Crippen molar-refractivity contribution < 1.29 is 24.2 Å². The second-order valence-corrected chi connectivity index (χ2v) is 3.86. The Bertz CT molecular complexity index is 273. The smallest absolute Gasteiger partial charge is 0.346 e. The van der Waals surface area contributed by atoms with E-state index in [1.165, 1.54) is 0 Å². The number of Topliss-reactive ketones (excluding diaryl/α,β-unsaturated/α-hetero) is 1. The summed E-state index contributed by atoms with van der Waals surface area (Å²) < 4.78 is 10.4. The van der Waals surface area contributed by atoms with Gasteiger partial charge in [0.05, 0.1) is 12.2 Å². The Morgan fingerprint density at radius 1 is 1.00 bits per heavy atom. The number of carboxylic acids is 1. The van der Waals surface area contributed by atoms with Crippen LogP contribution in [-0.2, 0) is 19.1 Å². The van der Waals surface area contributed by atoms with Gasteiger partial charge in [0.25, 0.3) is 5.95 Å². The third-order valence-corrected chi connectivity index (χ3v) is 1.46. The number of rotatable bonds is 6. The number of hydrogen-bond acceptors (Lipinski definition) is 4. The molecule has 5 heteroatoms. The van der Waals surface area contributed by atoms with Gasteiger partial charge in [-0.3, -0.25) is 4.79 Å². The number of carboxylic acid groups (broad SMARTS) is 1. The fourth-order valence-corrected chi connectivity index (χ4v) is 0.955. The molecule has 0 fully saturated rings. The summed E-state index contributed by atoms with van der Waals surface area (Å²) in [5.41, 5.74) is -0.456. The van der Waals surface area contributed by atoms with E-state index in [1.54, 1.807) is 27.7 Å². The van der Waals surface area contributed by atoms with E-state index in [0.717, 1.165) is 6.92 Å². The van der Waals surface area contributed by atoms with Crippen LogP contribution >= 0.6 is 0 Å². The summed E-state index contributed by atoms with van der Waals surface area (Å²) in [7, 11) is 0. The molecule has 0 bridgehead atoms. The molecule has 0 amide bonds. The minimum absolute atomic E-state index is 0.218. The van der Waals surface area contributed by atoms with E-state index in [2.05, 4.69) is 0 Å². The molecule has 0 rings (SSSR count). The molecule has 0 spiro atoms. The van der Waals surface area contributed by atoms with Gasteiger partial charge in [-0.2, -0.15) is 0 Å². The summed E-state index contributed by atoms with van der Waals surface area (Å²) in [5.74, 6) is -2.15. The van der Waals surface area contributed by atoms with Crippen molar-refractivity contribution >= 4 is 11.8 Å². The first-order valence-corrected chi connectivity index (χ1v) is 5.07. The zero-order valence-electron chi connectivity index (χ0n) is 10.2. The first-order valence-electron chi connectivity index (χ1n) is 5.07. The lowest BCUT2D eigenvalue weighted by Crippen LogP contribution is -2.19. The van der Waals surface area contributed by atoms with Gasteiger partial charge in [0.15, 0.2) is 11.4 Å². The lowest BCUT2D eigenvalue weighted by atomic mass is 10.2. The van der Waals surface area contributed by atoms with E-state index in [4.69, 9.17) is 14.6 Å². The average Bonchev–Trinajstić information content (AvgIpc) is 1.98. The van der Waals surface area contributed by atoms with Crippen molar-refractivity contribution in [3.63, 3.8) is 0 Å². The van der Waals surface area contributed by atoms with Crippen LogP contribution in [-0.4, -0.2) is 29.1 Å². The number of aliphatic carboxylic acids is 1. The molecule has 5 nitrogen and oxygen atoms in total. The van der Waals surface area contributed by atoms with Crippen LogP contribution in [0.3, 0.4) is 0 Å². The molecule has 0 atom stereocenters. The minimum atomic E-state index is -1.34. The van der Waals surface area contributed by atoms with Crippen molar-refractivity contribution in [2.45, 2.75) is 46.8 Å². The van der Waals surface area contributed by atoms with Gasteiger partial charge in [0.2, 0.25) is 0 Å². The molecular formula is C11H18O5. The molecule has 0 aromatic rings. The highest BCUT2D eigenvalue weighted by atomic mass is 16.7. The molecule has 0 heterocycles. The second kappa shape index (κ2) is 6.15. The Labute approximate surface area is 95.0 Å². The van der Waals surface area contributed by atoms with E-state index >= 15 is 0 Å². The molecule has 0 aliphatic carbocycles. The summed E-state index contributed by atoms with van der Waals surface area (Å²) in [6, 6.07) is 0. The summed E-state index contributed by atoms with van der Waals surface area (Å²) in [4.78, 5) is 22.1. The summed E-state index contributed by atoms with van der Waals surface area (Å²) in [6.45, 7) is 8.07. The Morgan fingerprint density at radius 3 is 1.56 bits per heavy atom. The van der Waals surface area contributed by atoms with E-state index in [-0.39, 0.29) is 18.2 Å². The zero-order chi connectivity index (χ0) is 12.9. The van der Waals surface area contributed by atoms with Crippen LogP contribution in [0.1, 0.15) is 34.6 Å². The summed E-state index contributed by atoms with van der Waals surface area (Å²) in [6.07, 6.45) is -0.523. The maximum absolute atomic E-state index is 11.2. The van der Waals surface area contributed by atoms with Gasteiger partial charge < -0.3 is 14.6 Å². The fraction of sp³-hybridized carbons (Fsp3) is 0.636. The predicted octanol–water partition coefficient (Wildman–Crippen LogP) is 1.72. The molecule has 0 aliphatic heterocycles. The summed E-state index contributed by atoms with van der Waals surface area (Å²) in [5, 5.41) is 8.90. The maximum atomic E-state index is 11.2. The Kier molecular flexibility index (Phi) is 5.56. The van der Waals surface area contributed by atoms with Crippen molar-refractivity contribution in [1.82, 2.24) is 0 Å². The number of ether oxygens (including phenoxy) is 2. The fourth-order valence-electron chi connectivity index (χ4n) is 0.955. The Morgan fingerprint density at radius 2 is 1.38 bits per heavy atom. The predicted molar refractivity (Wildman–Crippen MR) is 57.8 cm³/mol. The molecule has 0 saturated heterocycles. The van der Waals surface area contributed by atoms with Gasteiger partial charge in [-0.25, -0.2) is 4.79 Å². The molecule has 0 saturated carbocycles. The van der Waals surface area contributed by atoms with E-state index < -0.39 is 17.3 Å². The topological polar surface area (TPSA) is 72.8 Å². The van der Waals surface area contributed by atoms with Gasteiger partial charge in [-0.05, 0) is 34.6 Å². The first kappa shape index (κ1) is 14.5. The molecular weight excluding hydrogens is 212 g/mol. The van der Waals surface area contributed by atoms with Gasteiger partial charge in [-0.15, -0.1) is 0 Å². The average molecular weight is 230 g/mol. The lowest BCUT2D eigenvalue weighted by Gasteiger charge is -2.18. The van der Waals surface area contributed by atoms with Gasteiger partial charge in [0.1, 0.15) is 0 Å². The third-order valence-electron chi connectivity index (χ3n) is 1.46. The third kappa shape index (κ3) is 4.82. The largest absolute Gasteiger partial charge is 0.477 e. The van der Waals surface area contributed by atoms with E-state index in [0.29, 0.717) is 0 Å². The number of carbonyl (C=O) groups is 2. The van der Waals surface area contributed by atoms with E-state index in [9.17, 15) is 9.59 Å². The molecule has 0 aromatic heterocycles. The van der Waals surface area contributed by atoms with Gasteiger partial charge in [0, 0.05) is 0 Å².